The zero-order valence-electron chi connectivity index (χ0n) is 27.5. The van der Waals surface area contributed by atoms with E-state index in [-0.39, 0.29) is 46.0 Å². The van der Waals surface area contributed by atoms with Crippen LogP contribution in [0.2, 0.25) is 0 Å². The van der Waals surface area contributed by atoms with Crippen molar-refractivity contribution < 1.29 is 24.2 Å². The van der Waals surface area contributed by atoms with Crippen LogP contribution < -0.4 is 0 Å². The van der Waals surface area contributed by atoms with Crippen LogP contribution in [0.1, 0.15) is 133 Å². The van der Waals surface area contributed by atoms with Gasteiger partial charge in [-0.1, -0.05) is 61.0 Å². The molecule has 41 heavy (non-hydrogen) atoms. The Kier molecular flexibility index (Phi) is 6.89. The molecule has 8 atom stereocenters. The molecule has 5 aliphatic rings. The molecule has 3 unspecified atom stereocenters. The molecule has 0 aromatic carbocycles. The van der Waals surface area contributed by atoms with Crippen LogP contribution >= 0.6 is 0 Å². The number of fused-ring (bicyclic) bond motifs is 7. The molecule has 0 aromatic heterocycles. The standard InChI is InChI=1S/C36H56O5/c1-30(2)15-16-33(7)17-18-35(9)22(23(33)20-30)19-24(37)28-34(8)13-12-26(41-27(38)21-31(3,4)29(39)40)32(5,6)25(34)11-14-36(28,35)10/h19,23,25-26,28H,11-18,20-21H2,1-10H3,(H,39,40)/t23-,25?,26-,28?,33+,34-,35?,36+/m0/s1. The van der Waals surface area contributed by atoms with Gasteiger partial charge in [-0.2, -0.15) is 0 Å². The van der Waals surface area contributed by atoms with E-state index in [2.05, 4.69) is 61.5 Å². The van der Waals surface area contributed by atoms with Crippen molar-refractivity contribution in [2.45, 2.75) is 140 Å². The predicted molar refractivity (Wildman–Crippen MR) is 161 cm³/mol. The highest BCUT2D eigenvalue weighted by Gasteiger charge is 2.70. The van der Waals surface area contributed by atoms with E-state index >= 15 is 0 Å². The highest BCUT2D eigenvalue weighted by Crippen LogP contribution is 2.75. The summed E-state index contributed by atoms with van der Waals surface area (Å²) in [6.07, 6.45) is 11.4. The van der Waals surface area contributed by atoms with Crippen molar-refractivity contribution in [2.75, 3.05) is 0 Å². The Hall–Kier alpha value is -1.65. The van der Waals surface area contributed by atoms with Crippen molar-refractivity contribution in [3.05, 3.63) is 11.6 Å². The molecule has 0 bridgehead atoms. The summed E-state index contributed by atoms with van der Waals surface area (Å²) >= 11 is 0. The molecule has 1 N–H and O–H groups in total. The summed E-state index contributed by atoms with van der Waals surface area (Å²) in [5.74, 6) is -0.391. The average Bonchev–Trinajstić information content (AvgIpc) is 2.83. The molecular weight excluding hydrogens is 512 g/mol. The molecule has 0 aliphatic heterocycles. The Labute approximate surface area is 248 Å². The van der Waals surface area contributed by atoms with E-state index in [1.165, 1.54) is 31.3 Å². The van der Waals surface area contributed by atoms with E-state index in [0.29, 0.717) is 29.0 Å². The second-order valence-electron chi connectivity index (χ2n) is 18.1. The monoisotopic (exact) mass is 568 g/mol. The maximum atomic E-state index is 14.5. The van der Waals surface area contributed by atoms with Crippen LogP contribution in [0.15, 0.2) is 11.6 Å². The third kappa shape index (κ3) is 4.40. The van der Waals surface area contributed by atoms with Gasteiger partial charge < -0.3 is 9.84 Å². The third-order valence-electron chi connectivity index (χ3n) is 14.2. The summed E-state index contributed by atoms with van der Waals surface area (Å²) in [4.78, 5) is 39.0. The topological polar surface area (TPSA) is 80.7 Å². The van der Waals surface area contributed by atoms with Gasteiger partial charge in [0, 0.05) is 11.3 Å². The van der Waals surface area contributed by atoms with Crippen LogP contribution in [0.4, 0.5) is 0 Å². The molecule has 230 valence electrons. The minimum Gasteiger partial charge on any atom is -0.481 e. The SMILES string of the molecule is CC1(C)CC[C@]2(C)CCC3(C)C(=CC(=O)C4[C@@]5(C)CC[C@H](OC(=O)CC(C)(C)C(=O)O)C(C)(C)C5CC[C@]43C)[C@@H]2C1. The number of carbonyl (C=O) groups is 3. The van der Waals surface area contributed by atoms with Crippen LogP contribution in [-0.2, 0) is 19.1 Å². The van der Waals surface area contributed by atoms with E-state index in [0.717, 1.165) is 25.7 Å². The fourth-order valence-electron chi connectivity index (χ4n) is 11.2. The molecule has 5 aliphatic carbocycles. The first-order chi connectivity index (χ1) is 18.6. The maximum absolute atomic E-state index is 14.5. The Morgan fingerprint density at radius 3 is 2.20 bits per heavy atom. The van der Waals surface area contributed by atoms with Crippen LogP contribution in [0.3, 0.4) is 0 Å². The molecule has 5 heteroatoms. The van der Waals surface area contributed by atoms with Crippen molar-refractivity contribution >= 4 is 17.7 Å². The van der Waals surface area contributed by atoms with Gasteiger partial charge >= 0.3 is 11.9 Å². The van der Waals surface area contributed by atoms with Gasteiger partial charge in [0.05, 0.1) is 11.8 Å². The lowest BCUT2D eigenvalue weighted by molar-refractivity contribution is -0.211. The first-order valence-corrected chi connectivity index (χ1v) is 16.3. The minimum atomic E-state index is -1.16. The van der Waals surface area contributed by atoms with Gasteiger partial charge in [0.1, 0.15) is 6.10 Å². The molecule has 0 saturated heterocycles. The van der Waals surface area contributed by atoms with E-state index in [1.807, 2.05) is 0 Å². The highest BCUT2D eigenvalue weighted by atomic mass is 16.5. The molecule has 0 aromatic rings. The third-order valence-corrected chi connectivity index (χ3v) is 14.2. The summed E-state index contributed by atoms with van der Waals surface area (Å²) in [7, 11) is 0. The predicted octanol–water partition coefficient (Wildman–Crippen LogP) is 8.40. The van der Waals surface area contributed by atoms with Crippen molar-refractivity contribution in [3.8, 4) is 0 Å². The highest BCUT2D eigenvalue weighted by molar-refractivity contribution is 5.95. The van der Waals surface area contributed by atoms with Crippen LogP contribution in [-0.4, -0.2) is 28.9 Å². The molecule has 0 amide bonds. The second-order valence-corrected chi connectivity index (χ2v) is 18.1. The largest absolute Gasteiger partial charge is 0.481 e. The van der Waals surface area contributed by atoms with Gasteiger partial charge in [-0.25, -0.2) is 0 Å². The van der Waals surface area contributed by atoms with Gasteiger partial charge in [0.15, 0.2) is 5.78 Å². The van der Waals surface area contributed by atoms with Crippen molar-refractivity contribution in [1.82, 2.24) is 0 Å². The number of carbonyl (C=O) groups excluding carboxylic acids is 2. The number of esters is 1. The minimum absolute atomic E-state index is 0.0209. The summed E-state index contributed by atoms with van der Waals surface area (Å²) in [5.41, 5.74) is 0.371. The number of rotatable bonds is 4. The molecular formula is C36H56O5. The molecule has 0 spiro atoms. The molecule has 5 nitrogen and oxygen atoms in total. The normalized spacial score (nSPS) is 44.8. The Balaban J connectivity index is 1.46. The Morgan fingerprint density at radius 1 is 0.927 bits per heavy atom. The van der Waals surface area contributed by atoms with E-state index < -0.39 is 17.4 Å². The van der Waals surface area contributed by atoms with Gasteiger partial charge in [0.25, 0.3) is 0 Å². The number of ether oxygens (including phenoxy) is 1. The van der Waals surface area contributed by atoms with E-state index in [4.69, 9.17) is 4.74 Å². The van der Waals surface area contributed by atoms with Crippen molar-refractivity contribution in [1.29, 1.82) is 0 Å². The van der Waals surface area contributed by atoms with Gasteiger partial charge in [0.2, 0.25) is 0 Å². The number of hydrogen-bond acceptors (Lipinski definition) is 4. The quantitative estimate of drug-likeness (QED) is 0.344. The number of carboxylic acid groups (broad SMARTS) is 1. The number of hydrogen-bond donors (Lipinski definition) is 1. The van der Waals surface area contributed by atoms with Gasteiger partial charge in [-0.3, -0.25) is 14.4 Å². The first-order valence-electron chi connectivity index (χ1n) is 16.3. The number of aliphatic carboxylic acids is 1. The van der Waals surface area contributed by atoms with E-state index in [1.54, 1.807) is 13.8 Å². The van der Waals surface area contributed by atoms with Gasteiger partial charge in [-0.05, 0) is 117 Å². The van der Waals surface area contributed by atoms with Gasteiger partial charge in [-0.15, -0.1) is 0 Å². The molecule has 0 radical (unpaired) electrons. The summed E-state index contributed by atoms with van der Waals surface area (Å²) in [6, 6.07) is 0. The van der Waals surface area contributed by atoms with Crippen LogP contribution in [0.5, 0.6) is 0 Å². The second kappa shape index (κ2) is 9.18. The lowest BCUT2D eigenvalue weighted by atomic mass is 9.33. The fraction of sp³-hybridized carbons (Fsp3) is 0.861. The van der Waals surface area contributed by atoms with E-state index in [9.17, 15) is 19.5 Å². The summed E-state index contributed by atoms with van der Waals surface area (Å²) < 4.78 is 6.07. The Bertz CT molecular complexity index is 1180. The van der Waals surface area contributed by atoms with Crippen molar-refractivity contribution in [2.24, 2.45) is 55.7 Å². The summed E-state index contributed by atoms with van der Waals surface area (Å²) in [6.45, 7) is 22.2. The zero-order chi connectivity index (χ0) is 30.6. The zero-order valence-corrected chi connectivity index (χ0v) is 27.5. The number of carboxylic acids is 1. The number of ketones is 1. The molecule has 4 saturated carbocycles. The first kappa shape index (κ1) is 30.8. The van der Waals surface area contributed by atoms with Crippen LogP contribution in [0, 0.1) is 55.7 Å². The Morgan fingerprint density at radius 2 is 1.56 bits per heavy atom. The summed E-state index contributed by atoms with van der Waals surface area (Å²) in [5, 5.41) is 9.51. The lowest BCUT2D eigenvalue weighted by Gasteiger charge is -2.70. The maximum Gasteiger partial charge on any atom is 0.309 e. The van der Waals surface area contributed by atoms with Crippen LogP contribution in [0.25, 0.3) is 0 Å². The number of allylic oxidation sites excluding steroid dienone is 2. The molecule has 4 fully saturated rings. The lowest BCUT2D eigenvalue weighted by Crippen LogP contribution is -2.66. The molecule has 0 heterocycles. The molecule has 5 rings (SSSR count). The van der Waals surface area contributed by atoms with Crippen molar-refractivity contribution in [3.63, 3.8) is 0 Å². The fourth-order valence-corrected chi connectivity index (χ4v) is 11.2. The average molecular weight is 569 g/mol. The smallest absolute Gasteiger partial charge is 0.309 e.